The maximum Gasteiger partial charge on any atom is 0.0807 e. The van der Waals surface area contributed by atoms with Gasteiger partial charge in [-0.25, -0.2) is 0 Å². The van der Waals surface area contributed by atoms with Gasteiger partial charge in [0, 0.05) is 19.2 Å². The predicted octanol–water partition coefficient (Wildman–Crippen LogP) is 4.01. The Balaban J connectivity index is 2.62. The highest BCUT2D eigenvalue weighted by Gasteiger charge is 2.39. The summed E-state index contributed by atoms with van der Waals surface area (Å²) in [7, 11) is 1.74. The molecule has 3 heteroatoms. The third kappa shape index (κ3) is 6.66. The molecule has 1 saturated carbocycles. The van der Waals surface area contributed by atoms with Crippen molar-refractivity contribution in [3.05, 3.63) is 0 Å². The third-order valence-electron chi connectivity index (χ3n) is 4.76. The monoisotopic (exact) mass is 299 g/mol. The van der Waals surface area contributed by atoms with Gasteiger partial charge < -0.3 is 14.8 Å². The van der Waals surface area contributed by atoms with Gasteiger partial charge in [-0.3, -0.25) is 0 Å². The third-order valence-corrected chi connectivity index (χ3v) is 4.76. The summed E-state index contributed by atoms with van der Waals surface area (Å²) in [4.78, 5) is 0. The molecule has 0 aliphatic heterocycles. The van der Waals surface area contributed by atoms with Crippen molar-refractivity contribution in [3.63, 3.8) is 0 Å². The molecule has 0 aromatic carbocycles. The van der Waals surface area contributed by atoms with Crippen LogP contribution in [-0.4, -0.2) is 38.0 Å². The summed E-state index contributed by atoms with van der Waals surface area (Å²) in [5.74, 6) is 0.811. The molecule has 0 radical (unpaired) electrons. The molecule has 0 saturated heterocycles. The molecule has 0 spiro atoms. The summed E-state index contributed by atoms with van der Waals surface area (Å²) in [5, 5.41) is 3.65. The Hall–Kier alpha value is -0.120. The first-order valence-corrected chi connectivity index (χ1v) is 8.46. The largest absolute Gasteiger partial charge is 0.382 e. The number of hydrogen-bond acceptors (Lipinski definition) is 3. The van der Waals surface area contributed by atoms with Gasteiger partial charge in [-0.15, -0.1) is 0 Å². The zero-order chi connectivity index (χ0) is 16.1. The Bertz CT molecular complexity index is 293. The lowest BCUT2D eigenvalue weighted by Gasteiger charge is -2.45. The van der Waals surface area contributed by atoms with Crippen LogP contribution < -0.4 is 5.32 Å². The van der Waals surface area contributed by atoms with E-state index in [4.69, 9.17) is 9.47 Å². The van der Waals surface area contributed by atoms with Crippen LogP contribution in [0.5, 0.6) is 0 Å². The van der Waals surface area contributed by atoms with Crippen LogP contribution in [0.4, 0.5) is 0 Å². The summed E-state index contributed by atoms with van der Waals surface area (Å²) >= 11 is 0. The first-order valence-electron chi connectivity index (χ1n) is 8.46. The van der Waals surface area contributed by atoms with Crippen molar-refractivity contribution < 1.29 is 9.47 Å². The van der Waals surface area contributed by atoms with E-state index in [1.54, 1.807) is 7.11 Å². The Kier molecular flexibility index (Phi) is 6.70. The van der Waals surface area contributed by atoms with Gasteiger partial charge in [0.15, 0.2) is 0 Å². The van der Waals surface area contributed by atoms with Gasteiger partial charge in [-0.05, 0) is 57.8 Å². The van der Waals surface area contributed by atoms with Crippen LogP contribution in [0, 0.1) is 11.3 Å². The molecule has 0 unspecified atom stereocenters. The van der Waals surface area contributed by atoms with Crippen molar-refractivity contribution in [2.24, 2.45) is 11.3 Å². The molecule has 1 aliphatic carbocycles. The number of ether oxygens (including phenoxy) is 2. The minimum atomic E-state index is -0.00639. The van der Waals surface area contributed by atoms with Gasteiger partial charge in [-0.2, -0.15) is 0 Å². The SMILES string of the molecule is COCCOC1(CNC(C)(C)C)CCC(C(C)(C)C)CC1. The fourth-order valence-corrected chi connectivity index (χ4v) is 3.15. The van der Waals surface area contributed by atoms with E-state index >= 15 is 0 Å². The summed E-state index contributed by atoms with van der Waals surface area (Å²) < 4.78 is 11.4. The van der Waals surface area contributed by atoms with E-state index in [-0.39, 0.29) is 11.1 Å². The molecule has 0 aromatic heterocycles. The van der Waals surface area contributed by atoms with Gasteiger partial charge in [0.1, 0.15) is 0 Å². The highest BCUT2D eigenvalue weighted by atomic mass is 16.5. The van der Waals surface area contributed by atoms with E-state index in [0.29, 0.717) is 18.6 Å². The molecular weight excluding hydrogens is 262 g/mol. The van der Waals surface area contributed by atoms with Crippen LogP contribution in [0.3, 0.4) is 0 Å². The molecule has 3 nitrogen and oxygen atoms in total. The number of methoxy groups -OCH3 is 1. The van der Waals surface area contributed by atoms with Gasteiger partial charge in [0.25, 0.3) is 0 Å². The average Bonchev–Trinajstić information content (AvgIpc) is 2.36. The summed E-state index contributed by atoms with van der Waals surface area (Å²) in [6, 6.07) is 0. The molecule has 126 valence electrons. The molecule has 0 bridgehead atoms. The predicted molar refractivity (Wildman–Crippen MR) is 89.7 cm³/mol. The van der Waals surface area contributed by atoms with Crippen molar-refractivity contribution in [2.45, 2.75) is 78.4 Å². The fourth-order valence-electron chi connectivity index (χ4n) is 3.15. The lowest BCUT2D eigenvalue weighted by Crippen LogP contribution is -2.51. The second-order valence-corrected chi connectivity index (χ2v) is 8.77. The topological polar surface area (TPSA) is 30.5 Å². The molecule has 1 fully saturated rings. The van der Waals surface area contributed by atoms with E-state index < -0.39 is 0 Å². The van der Waals surface area contributed by atoms with Gasteiger partial charge in [0.05, 0.1) is 18.8 Å². The number of hydrogen-bond donors (Lipinski definition) is 1. The first-order chi connectivity index (χ1) is 9.58. The standard InChI is InChI=1S/C18H37NO2/c1-16(2,3)15-8-10-18(11-9-15,21-13-12-20-7)14-19-17(4,5)6/h15,19H,8-14H2,1-7H3. The zero-order valence-electron chi connectivity index (χ0n) is 15.3. The molecule has 1 rings (SSSR count). The van der Waals surface area contributed by atoms with Crippen LogP contribution in [0.1, 0.15) is 67.2 Å². The maximum atomic E-state index is 6.28. The number of nitrogens with one attached hydrogen (secondary N) is 1. The van der Waals surface area contributed by atoms with E-state index in [0.717, 1.165) is 25.3 Å². The smallest absolute Gasteiger partial charge is 0.0807 e. The molecule has 0 aromatic rings. The van der Waals surface area contributed by atoms with Crippen LogP contribution in [-0.2, 0) is 9.47 Å². The van der Waals surface area contributed by atoms with Crippen molar-refractivity contribution >= 4 is 0 Å². The first kappa shape index (κ1) is 18.9. The van der Waals surface area contributed by atoms with Crippen molar-refractivity contribution in [1.29, 1.82) is 0 Å². The second kappa shape index (κ2) is 7.43. The minimum Gasteiger partial charge on any atom is -0.382 e. The summed E-state index contributed by atoms with van der Waals surface area (Å²) in [6.45, 7) is 16.1. The van der Waals surface area contributed by atoms with Crippen molar-refractivity contribution in [2.75, 3.05) is 26.9 Å². The normalized spacial score (nSPS) is 27.9. The van der Waals surface area contributed by atoms with Crippen molar-refractivity contribution in [1.82, 2.24) is 5.32 Å². The Morgan fingerprint density at radius 2 is 1.57 bits per heavy atom. The maximum absolute atomic E-state index is 6.28. The summed E-state index contributed by atoms with van der Waals surface area (Å²) in [6.07, 6.45) is 4.84. The molecular formula is C18H37NO2. The lowest BCUT2D eigenvalue weighted by molar-refractivity contribution is -0.0981. The molecule has 21 heavy (non-hydrogen) atoms. The van der Waals surface area contributed by atoms with Crippen LogP contribution in [0.15, 0.2) is 0 Å². The molecule has 0 atom stereocenters. The van der Waals surface area contributed by atoms with E-state index in [1.165, 1.54) is 12.8 Å². The molecule has 1 N–H and O–H groups in total. The lowest BCUT2D eigenvalue weighted by atomic mass is 9.68. The minimum absolute atomic E-state index is 0.00639. The van der Waals surface area contributed by atoms with Gasteiger partial charge >= 0.3 is 0 Å². The van der Waals surface area contributed by atoms with E-state index in [2.05, 4.69) is 46.9 Å². The molecule has 0 amide bonds. The number of rotatable bonds is 6. The van der Waals surface area contributed by atoms with Crippen LogP contribution in [0.25, 0.3) is 0 Å². The highest BCUT2D eigenvalue weighted by molar-refractivity contribution is 4.93. The van der Waals surface area contributed by atoms with Gasteiger partial charge in [-0.1, -0.05) is 20.8 Å². The summed E-state index contributed by atoms with van der Waals surface area (Å²) in [5.41, 5.74) is 0.544. The highest BCUT2D eigenvalue weighted by Crippen LogP contribution is 2.42. The fraction of sp³-hybridized carbons (Fsp3) is 1.00. The van der Waals surface area contributed by atoms with Gasteiger partial charge in [0.2, 0.25) is 0 Å². The van der Waals surface area contributed by atoms with E-state index in [1.807, 2.05) is 0 Å². The molecule has 0 heterocycles. The quantitative estimate of drug-likeness (QED) is 0.752. The van der Waals surface area contributed by atoms with Crippen LogP contribution in [0.2, 0.25) is 0 Å². The second-order valence-electron chi connectivity index (χ2n) is 8.77. The Morgan fingerprint density at radius 1 is 1.00 bits per heavy atom. The van der Waals surface area contributed by atoms with Crippen molar-refractivity contribution in [3.8, 4) is 0 Å². The Labute approximate surface area is 132 Å². The average molecular weight is 299 g/mol. The Morgan fingerprint density at radius 3 is 2.00 bits per heavy atom. The van der Waals surface area contributed by atoms with E-state index in [9.17, 15) is 0 Å². The molecule has 1 aliphatic rings. The van der Waals surface area contributed by atoms with Crippen LogP contribution >= 0.6 is 0 Å². The zero-order valence-corrected chi connectivity index (χ0v) is 15.3.